The van der Waals surface area contributed by atoms with Crippen molar-refractivity contribution in [3.05, 3.63) is 36.4 Å². The largest absolute Gasteiger partial charge is 0.493 e. The summed E-state index contributed by atoms with van der Waals surface area (Å²) < 4.78 is 10.9. The van der Waals surface area contributed by atoms with Gasteiger partial charge in [0.1, 0.15) is 0 Å². The van der Waals surface area contributed by atoms with E-state index in [4.69, 9.17) is 26.7 Å². The summed E-state index contributed by atoms with van der Waals surface area (Å²) in [5.41, 5.74) is 18.8. The van der Waals surface area contributed by atoms with Gasteiger partial charge in [-0.25, -0.2) is 0 Å². The van der Waals surface area contributed by atoms with Crippen LogP contribution in [0.4, 0.5) is 17.1 Å². The lowest BCUT2D eigenvalue weighted by atomic mass is 10.2. The van der Waals surface area contributed by atoms with Crippen molar-refractivity contribution in [2.45, 2.75) is 0 Å². The molecule has 0 amide bonds. The molecule has 21 heavy (non-hydrogen) atoms. The lowest BCUT2D eigenvalue weighted by Crippen LogP contribution is -1.96. The zero-order valence-electron chi connectivity index (χ0n) is 11.2. The number of hydrogen-bond acceptors (Lipinski definition) is 5. The molecular weight excluding hydrogens is 337 g/mol. The van der Waals surface area contributed by atoms with Crippen molar-refractivity contribution in [1.82, 2.24) is 0 Å². The summed E-state index contributed by atoms with van der Waals surface area (Å²) in [6.45, 7) is 0. The molecule has 0 aliphatic heterocycles. The summed E-state index contributed by atoms with van der Waals surface area (Å²) in [5, 5.41) is 0. The lowest BCUT2D eigenvalue weighted by molar-refractivity contribution is 0.379. The van der Waals surface area contributed by atoms with E-state index in [1.165, 1.54) is 0 Å². The molecule has 2 aromatic rings. The molecule has 0 saturated heterocycles. The van der Waals surface area contributed by atoms with E-state index in [1.807, 2.05) is 0 Å². The zero-order valence-corrected chi connectivity index (χ0v) is 13.7. The van der Waals surface area contributed by atoms with Gasteiger partial charge in [0.05, 0.1) is 12.8 Å². The molecule has 0 fully saturated rings. The minimum Gasteiger partial charge on any atom is -0.493 e. The van der Waals surface area contributed by atoms with Crippen LogP contribution in [0, 0.1) is 0 Å². The Morgan fingerprint density at radius 1 is 0.714 bits per heavy atom. The maximum absolute atomic E-state index is 5.82. The second-order valence-corrected chi connectivity index (χ2v) is 3.81. The van der Waals surface area contributed by atoms with Gasteiger partial charge < -0.3 is 26.7 Å². The molecule has 0 atom stereocenters. The zero-order chi connectivity index (χ0) is 13.1. The fourth-order valence-electron chi connectivity index (χ4n) is 1.55. The van der Waals surface area contributed by atoms with Crippen LogP contribution in [0.15, 0.2) is 36.4 Å². The summed E-state index contributed by atoms with van der Waals surface area (Å²) in [6, 6.07) is 10.2. The number of hydrogen-bond donors (Lipinski definition) is 3. The van der Waals surface area contributed by atoms with Crippen molar-refractivity contribution in [3.63, 3.8) is 0 Å². The molecule has 0 bridgehead atoms. The molecule has 0 aliphatic carbocycles. The molecule has 0 saturated carbocycles. The number of nitrogen functional groups attached to an aromatic ring is 3. The maximum Gasteiger partial charge on any atom is 0.171 e. The van der Waals surface area contributed by atoms with Gasteiger partial charge in [0, 0.05) is 17.4 Å². The maximum atomic E-state index is 5.82. The fourth-order valence-corrected chi connectivity index (χ4v) is 1.55. The first-order valence-corrected chi connectivity index (χ1v) is 5.36. The molecule has 2 aromatic carbocycles. The van der Waals surface area contributed by atoms with Crippen molar-refractivity contribution in [2.75, 3.05) is 24.3 Å². The molecule has 5 nitrogen and oxygen atoms in total. The first-order chi connectivity index (χ1) is 8.60. The second-order valence-electron chi connectivity index (χ2n) is 3.81. The Morgan fingerprint density at radius 3 is 1.76 bits per heavy atom. The standard InChI is InChI=1S/C13H15N3O2.3ClH/c1-17-12-5-3-9(15)7-13(12)18-11-4-2-8(14)6-10(11)16;;;/h2-7H,14-16H2,1H3;3*1H. The van der Waals surface area contributed by atoms with Gasteiger partial charge in [0.2, 0.25) is 0 Å². The number of benzene rings is 2. The molecule has 0 heterocycles. The quantitative estimate of drug-likeness (QED) is 0.733. The second kappa shape index (κ2) is 9.28. The van der Waals surface area contributed by atoms with Crippen LogP contribution in [0.3, 0.4) is 0 Å². The minimum atomic E-state index is 0. The van der Waals surface area contributed by atoms with Gasteiger partial charge in [-0.2, -0.15) is 0 Å². The number of methoxy groups -OCH3 is 1. The molecule has 6 N–H and O–H groups in total. The molecule has 8 heteroatoms. The summed E-state index contributed by atoms with van der Waals surface area (Å²) in [7, 11) is 1.56. The summed E-state index contributed by atoms with van der Waals surface area (Å²) >= 11 is 0. The van der Waals surface area contributed by atoms with E-state index in [2.05, 4.69) is 0 Å². The number of halogens is 3. The number of anilines is 3. The van der Waals surface area contributed by atoms with Crippen molar-refractivity contribution in [3.8, 4) is 17.2 Å². The molecule has 0 aromatic heterocycles. The van der Waals surface area contributed by atoms with Crippen molar-refractivity contribution in [2.24, 2.45) is 0 Å². The molecular formula is C13H18Cl3N3O2. The Kier molecular flexibility index (Phi) is 9.55. The predicted octanol–water partition coefficient (Wildman–Crippen LogP) is 3.50. The van der Waals surface area contributed by atoms with E-state index in [0.29, 0.717) is 34.3 Å². The van der Waals surface area contributed by atoms with E-state index < -0.39 is 0 Å². The van der Waals surface area contributed by atoms with Crippen LogP contribution >= 0.6 is 37.2 Å². The van der Waals surface area contributed by atoms with Gasteiger partial charge in [-0.15, -0.1) is 37.2 Å². The smallest absolute Gasteiger partial charge is 0.171 e. The normalized spacial score (nSPS) is 8.62. The van der Waals surface area contributed by atoms with Crippen LogP contribution in [-0.4, -0.2) is 7.11 Å². The molecule has 118 valence electrons. The van der Waals surface area contributed by atoms with E-state index in [1.54, 1.807) is 43.5 Å². The van der Waals surface area contributed by atoms with Crippen LogP contribution in [0.5, 0.6) is 17.2 Å². The van der Waals surface area contributed by atoms with Crippen LogP contribution in [0.2, 0.25) is 0 Å². The van der Waals surface area contributed by atoms with E-state index in [-0.39, 0.29) is 37.2 Å². The highest BCUT2D eigenvalue weighted by Crippen LogP contribution is 2.35. The molecule has 0 radical (unpaired) electrons. The van der Waals surface area contributed by atoms with Crippen LogP contribution in [0.1, 0.15) is 0 Å². The van der Waals surface area contributed by atoms with Gasteiger partial charge in [0.15, 0.2) is 17.2 Å². The van der Waals surface area contributed by atoms with E-state index >= 15 is 0 Å². The number of nitrogens with two attached hydrogens (primary N) is 3. The van der Waals surface area contributed by atoms with Crippen molar-refractivity contribution >= 4 is 54.3 Å². The highest BCUT2D eigenvalue weighted by molar-refractivity contribution is 5.86. The van der Waals surface area contributed by atoms with Crippen molar-refractivity contribution < 1.29 is 9.47 Å². The summed E-state index contributed by atoms with van der Waals surface area (Å²) in [5.74, 6) is 1.60. The average molecular weight is 355 g/mol. The first kappa shape index (κ1) is 21.6. The fraction of sp³-hybridized carbons (Fsp3) is 0.0769. The highest BCUT2D eigenvalue weighted by Gasteiger charge is 2.08. The van der Waals surface area contributed by atoms with Crippen LogP contribution in [0.25, 0.3) is 0 Å². The van der Waals surface area contributed by atoms with Gasteiger partial charge in [-0.3, -0.25) is 0 Å². The Morgan fingerprint density at radius 2 is 1.24 bits per heavy atom. The van der Waals surface area contributed by atoms with E-state index in [9.17, 15) is 0 Å². The molecule has 2 rings (SSSR count). The molecule has 0 spiro atoms. The monoisotopic (exact) mass is 353 g/mol. The van der Waals surface area contributed by atoms with Crippen LogP contribution < -0.4 is 26.7 Å². The van der Waals surface area contributed by atoms with Gasteiger partial charge >= 0.3 is 0 Å². The summed E-state index contributed by atoms with van der Waals surface area (Å²) in [4.78, 5) is 0. The SMILES string of the molecule is COc1ccc(N)cc1Oc1ccc(N)cc1N.Cl.Cl.Cl. The predicted molar refractivity (Wildman–Crippen MR) is 94.5 cm³/mol. The Balaban J connectivity index is 0. The lowest BCUT2D eigenvalue weighted by Gasteiger charge is -2.12. The van der Waals surface area contributed by atoms with Crippen molar-refractivity contribution in [1.29, 1.82) is 0 Å². The van der Waals surface area contributed by atoms with Crippen LogP contribution in [-0.2, 0) is 0 Å². The summed E-state index contributed by atoms with van der Waals surface area (Å²) in [6.07, 6.45) is 0. The molecule has 0 unspecified atom stereocenters. The molecule has 0 aliphatic rings. The highest BCUT2D eigenvalue weighted by atomic mass is 35.5. The third-order valence-electron chi connectivity index (χ3n) is 2.44. The van der Waals surface area contributed by atoms with Gasteiger partial charge in [-0.1, -0.05) is 0 Å². The minimum absolute atomic E-state index is 0. The number of rotatable bonds is 3. The Hall–Kier alpha value is -1.69. The average Bonchev–Trinajstić information content (AvgIpc) is 2.33. The third-order valence-corrected chi connectivity index (χ3v) is 2.44. The number of ether oxygens (including phenoxy) is 2. The Labute approximate surface area is 142 Å². The Bertz CT molecular complexity index is 583. The van der Waals surface area contributed by atoms with Gasteiger partial charge in [0.25, 0.3) is 0 Å². The van der Waals surface area contributed by atoms with Gasteiger partial charge in [-0.05, 0) is 30.3 Å². The third kappa shape index (κ3) is 5.30. The first-order valence-electron chi connectivity index (χ1n) is 5.36. The topological polar surface area (TPSA) is 96.5 Å². The van der Waals surface area contributed by atoms with E-state index in [0.717, 1.165) is 0 Å².